The summed E-state index contributed by atoms with van der Waals surface area (Å²) in [7, 11) is 1.50. The molecule has 2 amide bonds. The van der Waals surface area contributed by atoms with Crippen LogP contribution in [-0.4, -0.2) is 58.7 Å². The molecule has 0 N–H and O–H groups in total. The topological polar surface area (TPSA) is 115 Å². The molecule has 35 heavy (non-hydrogen) atoms. The fourth-order valence-electron chi connectivity index (χ4n) is 4.54. The van der Waals surface area contributed by atoms with Gasteiger partial charge in [0.2, 0.25) is 17.4 Å². The molecule has 2 aliphatic rings. The number of para-hydroxylation sites is 1. The Hall–Kier alpha value is -3.76. The van der Waals surface area contributed by atoms with Crippen LogP contribution in [0.3, 0.4) is 0 Å². The van der Waals surface area contributed by atoms with Crippen molar-refractivity contribution >= 4 is 35.1 Å². The van der Waals surface area contributed by atoms with Crippen molar-refractivity contribution in [3.8, 4) is 11.4 Å². The van der Waals surface area contributed by atoms with Gasteiger partial charge in [-0.15, -0.1) is 0 Å². The number of ether oxygens (including phenoxy) is 2. The van der Waals surface area contributed by atoms with Crippen molar-refractivity contribution in [1.82, 2.24) is 15.0 Å². The van der Waals surface area contributed by atoms with Crippen molar-refractivity contribution in [1.29, 1.82) is 0 Å². The number of amides is 2. The zero-order valence-corrected chi connectivity index (χ0v) is 19.5. The number of benzene rings is 2. The Balaban J connectivity index is 1.44. The summed E-state index contributed by atoms with van der Waals surface area (Å²) in [6.07, 6.45) is 0.172. The molecule has 3 heterocycles. The van der Waals surface area contributed by atoms with Crippen molar-refractivity contribution in [2.75, 3.05) is 25.2 Å². The molecule has 2 aliphatic heterocycles. The van der Waals surface area contributed by atoms with E-state index in [1.165, 1.54) is 16.9 Å². The number of halogens is 1. The van der Waals surface area contributed by atoms with Gasteiger partial charge in [-0.05, 0) is 24.3 Å². The van der Waals surface area contributed by atoms with Gasteiger partial charge in [0.05, 0.1) is 17.9 Å². The fraction of sp³-hybridized carbons (Fsp3) is 0.292. The van der Waals surface area contributed by atoms with Crippen molar-refractivity contribution in [3.63, 3.8) is 0 Å². The van der Waals surface area contributed by atoms with Gasteiger partial charge in [-0.1, -0.05) is 41.0 Å². The summed E-state index contributed by atoms with van der Waals surface area (Å²) in [6, 6.07) is 13.6. The van der Waals surface area contributed by atoms with Crippen molar-refractivity contribution in [2.24, 2.45) is 0 Å². The lowest BCUT2D eigenvalue weighted by molar-refractivity contribution is -0.159. The molecule has 1 fully saturated rings. The number of hydrogen-bond donors (Lipinski definition) is 0. The van der Waals surface area contributed by atoms with Crippen molar-refractivity contribution in [2.45, 2.75) is 25.1 Å². The van der Waals surface area contributed by atoms with Gasteiger partial charge < -0.3 is 18.9 Å². The number of hydrogen-bond acceptors (Lipinski definition) is 8. The Kier molecular flexibility index (Phi) is 6.00. The smallest absolute Gasteiger partial charge is 0.354 e. The van der Waals surface area contributed by atoms with Crippen LogP contribution in [0.5, 0.6) is 0 Å². The molecule has 2 aromatic carbocycles. The van der Waals surface area contributed by atoms with Crippen LogP contribution < -0.4 is 4.90 Å². The Bertz CT molecular complexity index is 1310. The molecule has 180 valence electrons. The van der Waals surface area contributed by atoms with Crippen molar-refractivity contribution < 1.29 is 28.4 Å². The number of nitrogens with zero attached hydrogens (tertiary/aromatic N) is 4. The molecular formula is C24H21ClN4O6. The lowest BCUT2D eigenvalue weighted by Gasteiger charge is -2.48. The molecule has 1 aromatic heterocycles. The third kappa shape index (κ3) is 3.84. The van der Waals surface area contributed by atoms with E-state index in [2.05, 4.69) is 10.1 Å². The first-order valence-electron chi connectivity index (χ1n) is 10.9. The van der Waals surface area contributed by atoms with E-state index < -0.39 is 11.6 Å². The summed E-state index contributed by atoms with van der Waals surface area (Å²) in [6.45, 7) is -0.0518. The first-order valence-corrected chi connectivity index (χ1v) is 11.3. The lowest BCUT2D eigenvalue weighted by Crippen LogP contribution is -2.68. The van der Waals surface area contributed by atoms with Crippen LogP contribution in [0.25, 0.3) is 11.4 Å². The number of anilines is 1. The number of fused-ring (bicyclic) bond motifs is 3. The molecule has 0 radical (unpaired) electrons. The molecule has 0 saturated carbocycles. The van der Waals surface area contributed by atoms with E-state index in [4.69, 9.17) is 25.6 Å². The zero-order valence-electron chi connectivity index (χ0n) is 18.8. The summed E-state index contributed by atoms with van der Waals surface area (Å²) in [4.78, 5) is 47.0. The Morgan fingerprint density at radius 2 is 2.03 bits per heavy atom. The minimum absolute atomic E-state index is 0.0616. The molecule has 5 rings (SSSR count). The molecule has 0 spiro atoms. The zero-order chi connectivity index (χ0) is 24.6. The van der Waals surface area contributed by atoms with Gasteiger partial charge in [-0.3, -0.25) is 14.5 Å². The van der Waals surface area contributed by atoms with Gasteiger partial charge >= 0.3 is 5.97 Å². The molecule has 0 bridgehead atoms. The Labute approximate surface area is 205 Å². The quantitative estimate of drug-likeness (QED) is 0.458. The first kappa shape index (κ1) is 23.0. The van der Waals surface area contributed by atoms with Gasteiger partial charge in [0, 0.05) is 37.1 Å². The second kappa shape index (κ2) is 9.12. The van der Waals surface area contributed by atoms with E-state index in [0.29, 0.717) is 21.8 Å². The Morgan fingerprint density at radius 1 is 1.20 bits per heavy atom. The molecule has 1 saturated heterocycles. The van der Waals surface area contributed by atoms with Gasteiger partial charge in [0.1, 0.15) is 0 Å². The highest BCUT2D eigenvalue weighted by Gasteiger charge is 2.61. The number of esters is 1. The van der Waals surface area contributed by atoms with E-state index in [1.807, 2.05) is 0 Å². The highest BCUT2D eigenvalue weighted by atomic mass is 35.5. The van der Waals surface area contributed by atoms with Gasteiger partial charge in [-0.2, -0.15) is 4.98 Å². The van der Waals surface area contributed by atoms with Crippen LogP contribution >= 0.6 is 11.6 Å². The number of rotatable bonds is 7. The van der Waals surface area contributed by atoms with Crippen LogP contribution in [-0.2, 0) is 25.7 Å². The van der Waals surface area contributed by atoms with E-state index in [-0.39, 0.29) is 56.1 Å². The maximum atomic E-state index is 13.6. The monoisotopic (exact) mass is 496 g/mol. The van der Waals surface area contributed by atoms with Crippen LogP contribution in [0.4, 0.5) is 5.69 Å². The Morgan fingerprint density at radius 3 is 2.83 bits per heavy atom. The van der Waals surface area contributed by atoms with Crippen LogP contribution in [0.2, 0.25) is 5.02 Å². The van der Waals surface area contributed by atoms with E-state index in [1.54, 1.807) is 48.5 Å². The van der Waals surface area contributed by atoms with Gasteiger partial charge in [0.15, 0.2) is 6.61 Å². The predicted octanol–water partition coefficient (Wildman–Crippen LogP) is 3.06. The first-order chi connectivity index (χ1) is 17.0. The largest absolute Gasteiger partial charge is 0.452 e. The maximum absolute atomic E-state index is 13.6. The SMILES string of the molecule is COCCN1C(=O)c2ccccc2N2C(=O)CC[C@@]12C(=O)OCc1nc(-c2cccc(Cl)c2)no1. The van der Waals surface area contributed by atoms with E-state index in [0.717, 1.165) is 0 Å². The summed E-state index contributed by atoms with van der Waals surface area (Å²) in [5.41, 5.74) is -0.265. The average Bonchev–Trinajstić information content (AvgIpc) is 3.48. The van der Waals surface area contributed by atoms with E-state index >= 15 is 0 Å². The second-order valence-corrected chi connectivity index (χ2v) is 8.55. The maximum Gasteiger partial charge on any atom is 0.354 e. The molecule has 1 atom stereocenters. The summed E-state index contributed by atoms with van der Waals surface area (Å²) >= 11 is 6.02. The highest BCUT2D eigenvalue weighted by molar-refractivity contribution is 6.30. The minimum Gasteiger partial charge on any atom is -0.452 e. The molecule has 0 unspecified atom stereocenters. The molecular weight excluding hydrogens is 476 g/mol. The fourth-order valence-corrected chi connectivity index (χ4v) is 4.73. The third-order valence-electron chi connectivity index (χ3n) is 6.10. The van der Waals surface area contributed by atoms with Crippen LogP contribution in [0, 0.1) is 0 Å². The summed E-state index contributed by atoms with van der Waals surface area (Å²) in [5.74, 6) is -1.05. The van der Waals surface area contributed by atoms with Gasteiger partial charge in [-0.25, -0.2) is 4.79 Å². The lowest BCUT2D eigenvalue weighted by atomic mass is 9.96. The van der Waals surface area contributed by atoms with Gasteiger partial charge in [0.25, 0.3) is 11.8 Å². The molecule has 3 aromatic rings. The highest BCUT2D eigenvalue weighted by Crippen LogP contribution is 2.45. The number of aromatic nitrogens is 2. The third-order valence-corrected chi connectivity index (χ3v) is 6.33. The number of carbonyl (C=O) groups is 3. The number of methoxy groups -OCH3 is 1. The molecule has 10 nitrogen and oxygen atoms in total. The molecule has 0 aliphatic carbocycles. The standard InChI is InChI=1S/C24H21ClN4O6/c1-33-12-11-28-22(31)17-7-2-3-8-18(17)29-20(30)9-10-24(28,29)23(32)34-14-19-26-21(27-35-19)15-5-4-6-16(25)13-15/h2-8,13H,9-12,14H2,1H3/t24-/m1/s1. The second-order valence-electron chi connectivity index (χ2n) is 8.11. The van der Waals surface area contributed by atoms with Crippen LogP contribution in [0.1, 0.15) is 29.1 Å². The van der Waals surface area contributed by atoms with Crippen LogP contribution in [0.15, 0.2) is 53.1 Å². The van der Waals surface area contributed by atoms with Crippen molar-refractivity contribution in [3.05, 3.63) is 65.0 Å². The summed E-state index contributed by atoms with van der Waals surface area (Å²) in [5, 5.41) is 4.43. The minimum atomic E-state index is -1.63. The predicted molar refractivity (Wildman–Crippen MR) is 123 cm³/mol. The number of carbonyl (C=O) groups excluding carboxylic acids is 3. The normalized spacial score (nSPS) is 19.0. The molecule has 11 heteroatoms. The summed E-state index contributed by atoms with van der Waals surface area (Å²) < 4.78 is 16.0. The average molecular weight is 497 g/mol. The van der Waals surface area contributed by atoms with E-state index in [9.17, 15) is 14.4 Å².